The van der Waals surface area contributed by atoms with Gasteiger partial charge < -0.3 is 29.4 Å². The van der Waals surface area contributed by atoms with Crippen LogP contribution in [-0.2, 0) is 14.2 Å². The molecule has 0 aliphatic heterocycles. The molecule has 2 aliphatic carbocycles. The predicted octanol–water partition coefficient (Wildman–Crippen LogP) is 3.22. The van der Waals surface area contributed by atoms with E-state index in [1.807, 2.05) is 29.9 Å². The van der Waals surface area contributed by atoms with Crippen molar-refractivity contribution in [2.45, 2.75) is 69.0 Å². The Morgan fingerprint density at radius 2 is 1.86 bits per heavy atom. The molecule has 3 aromatic rings. The highest BCUT2D eigenvalue weighted by Crippen LogP contribution is 2.30. The SMILES string of the molecule is CNc1cc(Nc2cccn(C3CCC(OC)CC3)c2=O)nn2c(C(N[C@H]3CC[C@@H]3OC)OC)cnc12. The summed E-state index contributed by atoms with van der Waals surface area (Å²) in [5.74, 6) is 0.530. The Hall–Kier alpha value is -2.99. The largest absolute Gasteiger partial charge is 0.385 e. The quantitative estimate of drug-likeness (QED) is 0.353. The minimum absolute atomic E-state index is 0.0610. The highest BCUT2D eigenvalue weighted by Gasteiger charge is 2.34. The van der Waals surface area contributed by atoms with E-state index in [1.165, 1.54) is 0 Å². The van der Waals surface area contributed by atoms with Gasteiger partial charge in [-0.15, -0.1) is 5.10 Å². The highest BCUT2D eigenvalue weighted by molar-refractivity contribution is 5.72. The molecule has 0 amide bonds. The summed E-state index contributed by atoms with van der Waals surface area (Å²) in [4.78, 5) is 18.0. The molecule has 0 aromatic carbocycles. The maximum absolute atomic E-state index is 13.4. The van der Waals surface area contributed by atoms with E-state index in [2.05, 4.69) is 20.9 Å². The van der Waals surface area contributed by atoms with E-state index in [1.54, 1.807) is 38.1 Å². The van der Waals surface area contributed by atoms with Crippen LogP contribution in [0.2, 0.25) is 0 Å². The zero-order valence-electron chi connectivity index (χ0n) is 21.9. The Morgan fingerprint density at radius 1 is 1.05 bits per heavy atom. The molecule has 3 aromatic heterocycles. The molecule has 0 spiro atoms. The molecule has 0 radical (unpaired) electrons. The third-order valence-electron chi connectivity index (χ3n) is 7.75. The Kier molecular flexibility index (Phi) is 7.75. The number of nitrogens with zero attached hydrogens (tertiary/aromatic N) is 4. The number of nitrogens with one attached hydrogen (secondary N) is 3. The van der Waals surface area contributed by atoms with Crippen LogP contribution >= 0.6 is 0 Å². The van der Waals surface area contributed by atoms with Gasteiger partial charge in [0.1, 0.15) is 11.4 Å². The molecule has 2 aliphatic rings. The maximum atomic E-state index is 13.4. The monoisotopic (exact) mass is 511 g/mol. The molecule has 2 fully saturated rings. The lowest BCUT2D eigenvalue weighted by Gasteiger charge is -2.38. The molecule has 0 bridgehead atoms. The minimum atomic E-state index is -0.415. The standard InChI is InChI=1S/C26H37N7O4/c1-27-20-14-23(29-19-6-5-13-32(26(19)34)16-7-9-17(35-2)10-8-16)31-33-21(15-28-24(20)33)25(37-4)30-18-11-12-22(18)36-3/h5-6,13-18,22,25,27,30H,7-12H2,1-4H3,(H,29,31)/t16?,17?,18-,22-,25?/m0/s1. The molecule has 200 valence electrons. The first-order valence-electron chi connectivity index (χ1n) is 12.9. The first-order chi connectivity index (χ1) is 18.1. The molecular weight excluding hydrogens is 474 g/mol. The number of methoxy groups -OCH3 is 3. The van der Waals surface area contributed by atoms with Gasteiger partial charge in [-0.2, -0.15) is 0 Å². The van der Waals surface area contributed by atoms with Crippen molar-refractivity contribution in [3.05, 3.63) is 46.6 Å². The predicted molar refractivity (Wildman–Crippen MR) is 142 cm³/mol. The van der Waals surface area contributed by atoms with Crippen molar-refractivity contribution in [3.8, 4) is 0 Å². The van der Waals surface area contributed by atoms with Gasteiger partial charge in [0.2, 0.25) is 0 Å². The zero-order chi connectivity index (χ0) is 25.9. The van der Waals surface area contributed by atoms with Crippen molar-refractivity contribution in [1.29, 1.82) is 0 Å². The number of pyridine rings is 1. The van der Waals surface area contributed by atoms with Gasteiger partial charge in [0.25, 0.3) is 5.56 Å². The molecule has 1 unspecified atom stereocenters. The summed E-state index contributed by atoms with van der Waals surface area (Å²) < 4.78 is 20.4. The number of rotatable bonds is 10. The van der Waals surface area contributed by atoms with Crippen molar-refractivity contribution < 1.29 is 14.2 Å². The van der Waals surface area contributed by atoms with Crippen LogP contribution in [0.1, 0.15) is 56.5 Å². The Bertz CT molecular complexity index is 1270. The van der Waals surface area contributed by atoms with Gasteiger partial charge >= 0.3 is 0 Å². The molecule has 0 saturated heterocycles. The maximum Gasteiger partial charge on any atom is 0.274 e. The van der Waals surface area contributed by atoms with Gasteiger partial charge in [-0.25, -0.2) is 9.50 Å². The van der Waals surface area contributed by atoms with Crippen LogP contribution in [0.5, 0.6) is 0 Å². The fourth-order valence-electron chi connectivity index (χ4n) is 5.41. The first-order valence-corrected chi connectivity index (χ1v) is 12.9. The molecule has 3 N–H and O–H groups in total. The molecule has 11 heteroatoms. The van der Waals surface area contributed by atoms with Crippen LogP contribution in [0.4, 0.5) is 17.2 Å². The molecule has 3 atom stereocenters. The second-order valence-corrected chi connectivity index (χ2v) is 9.78. The summed E-state index contributed by atoms with van der Waals surface area (Å²) in [5.41, 5.74) is 2.63. The number of imidazole rings is 1. The number of ether oxygens (including phenoxy) is 3. The molecule has 37 heavy (non-hydrogen) atoms. The van der Waals surface area contributed by atoms with E-state index >= 15 is 0 Å². The van der Waals surface area contributed by atoms with Gasteiger partial charge in [0.15, 0.2) is 17.7 Å². The third-order valence-corrected chi connectivity index (χ3v) is 7.75. The van der Waals surface area contributed by atoms with Crippen LogP contribution in [0.3, 0.4) is 0 Å². The van der Waals surface area contributed by atoms with E-state index in [0.717, 1.165) is 49.9 Å². The lowest BCUT2D eigenvalue weighted by molar-refractivity contribution is -0.0313. The van der Waals surface area contributed by atoms with E-state index in [-0.39, 0.29) is 29.9 Å². The van der Waals surface area contributed by atoms with Gasteiger partial charge in [-0.3, -0.25) is 10.1 Å². The van der Waals surface area contributed by atoms with Gasteiger partial charge in [-0.05, 0) is 50.7 Å². The van der Waals surface area contributed by atoms with Crippen molar-refractivity contribution in [2.24, 2.45) is 0 Å². The number of hydrogen-bond donors (Lipinski definition) is 3. The molecule has 5 rings (SSSR count). The second kappa shape index (κ2) is 11.2. The number of aromatic nitrogens is 4. The number of hydrogen-bond acceptors (Lipinski definition) is 9. The third kappa shape index (κ3) is 5.08. The van der Waals surface area contributed by atoms with Gasteiger partial charge in [-0.1, -0.05) is 0 Å². The fraction of sp³-hybridized carbons (Fsp3) is 0.577. The van der Waals surface area contributed by atoms with Crippen molar-refractivity contribution in [3.63, 3.8) is 0 Å². The lowest BCUT2D eigenvalue weighted by atomic mass is 9.89. The summed E-state index contributed by atoms with van der Waals surface area (Å²) in [6, 6.07) is 5.92. The highest BCUT2D eigenvalue weighted by atomic mass is 16.5. The summed E-state index contributed by atoms with van der Waals surface area (Å²) >= 11 is 0. The Morgan fingerprint density at radius 3 is 2.51 bits per heavy atom. The average molecular weight is 512 g/mol. The van der Waals surface area contributed by atoms with Crippen LogP contribution in [0, 0.1) is 0 Å². The number of fused-ring (bicyclic) bond motifs is 1. The van der Waals surface area contributed by atoms with Crippen LogP contribution in [-0.4, -0.2) is 65.8 Å². The fourth-order valence-corrected chi connectivity index (χ4v) is 5.41. The molecule has 2 saturated carbocycles. The molecular formula is C26H37N7O4. The van der Waals surface area contributed by atoms with Crippen LogP contribution < -0.4 is 21.5 Å². The smallest absolute Gasteiger partial charge is 0.274 e. The van der Waals surface area contributed by atoms with Crippen molar-refractivity contribution in [2.75, 3.05) is 39.0 Å². The summed E-state index contributed by atoms with van der Waals surface area (Å²) in [7, 11) is 6.98. The molecule has 11 nitrogen and oxygen atoms in total. The van der Waals surface area contributed by atoms with E-state index in [4.69, 9.17) is 19.3 Å². The zero-order valence-corrected chi connectivity index (χ0v) is 21.9. The Balaban J connectivity index is 1.42. The van der Waals surface area contributed by atoms with Crippen LogP contribution in [0.25, 0.3) is 5.65 Å². The van der Waals surface area contributed by atoms with Gasteiger partial charge in [0, 0.05) is 52.7 Å². The van der Waals surface area contributed by atoms with Crippen molar-refractivity contribution in [1.82, 2.24) is 24.5 Å². The van der Waals surface area contributed by atoms with E-state index in [9.17, 15) is 4.79 Å². The van der Waals surface area contributed by atoms with E-state index < -0.39 is 6.23 Å². The summed E-state index contributed by atoms with van der Waals surface area (Å²) in [5, 5.41) is 14.8. The Labute approximate surface area is 216 Å². The van der Waals surface area contributed by atoms with Gasteiger partial charge in [0.05, 0.1) is 24.1 Å². The topological polar surface area (TPSA) is 116 Å². The average Bonchev–Trinajstić information content (AvgIpc) is 3.33. The first kappa shape index (κ1) is 25.7. The summed E-state index contributed by atoms with van der Waals surface area (Å²) in [6.07, 6.45) is 9.47. The van der Waals surface area contributed by atoms with Crippen molar-refractivity contribution >= 4 is 22.8 Å². The normalized spacial score (nSPS) is 24.5. The molecule has 3 heterocycles. The number of anilines is 3. The summed E-state index contributed by atoms with van der Waals surface area (Å²) in [6.45, 7) is 0. The second-order valence-electron chi connectivity index (χ2n) is 9.78. The lowest BCUT2D eigenvalue weighted by Crippen LogP contribution is -2.50. The van der Waals surface area contributed by atoms with Crippen LogP contribution in [0.15, 0.2) is 35.4 Å². The van der Waals surface area contributed by atoms with E-state index in [0.29, 0.717) is 17.2 Å². The minimum Gasteiger partial charge on any atom is -0.385 e.